The average Bonchev–Trinajstić information content (AvgIpc) is 3.35. The molecule has 0 amide bonds. The van der Waals surface area contributed by atoms with Crippen LogP contribution in [0.5, 0.6) is 0 Å². The molecule has 3 aromatic rings. The van der Waals surface area contributed by atoms with Crippen LogP contribution >= 0.6 is 22.7 Å². The molecule has 0 N–H and O–H groups in total. The molecule has 0 aliphatic carbocycles. The first-order chi connectivity index (χ1) is 14.9. The zero-order valence-corrected chi connectivity index (χ0v) is 18.2. The first kappa shape index (κ1) is 20.9. The molecule has 0 radical (unpaired) electrons. The molecule has 1 aliphatic heterocycles. The highest BCUT2D eigenvalue weighted by Gasteiger charge is 2.34. The first-order valence-electron chi connectivity index (χ1n) is 9.38. The second-order valence-corrected chi connectivity index (χ2v) is 8.66. The minimum absolute atomic E-state index is 0.129. The summed E-state index contributed by atoms with van der Waals surface area (Å²) < 4.78 is 7.11. The van der Waals surface area contributed by atoms with Crippen LogP contribution < -0.4 is 14.9 Å². The molecule has 31 heavy (non-hydrogen) atoms. The lowest BCUT2D eigenvalue weighted by atomic mass is 9.95. The van der Waals surface area contributed by atoms with Gasteiger partial charge in [-0.3, -0.25) is 19.5 Å². The van der Waals surface area contributed by atoms with E-state index in [0.29, 0.717) is 20.6 Å². The van der Waals surface area contributed by atoms with E-state index < -0.39 is 16.9 Å². The van der Waals surface area contributed by atoms with Gasteiger partial charge >= 0.3 is 5.97 Å². The van der Waals surface area contributed by atoms with Gasteiger partial charge in [-0.05, 0) is 36.9 Å². The highest BCUT2D eigenvalue weighted by molar-refractivity contribution is 7.11. The number of nitrogens with zero attached hydrogens (tertiary/aromatic N) is 3. The number of non-ortho nitro benzene ring substituents is 1. The number of carbonyl (C=O) groups excluding carboxylic acids is 1. The second kappa shape index (κ2) is 8.40. The third-order valence-corrected chi connectivity index (χ3v) is 6.53. The highest BCUT2D eigenvalue weighted by atomic mass is 32.1. The number of hydrogen-bond acceptors (Lipinski definition) is 8. The molecule has 0 spiro atoms. The number of esters is 1. The van der Waals surface area contributed by atoms with Gasteiger partial charge in [0.05, 0.1) is 33.4 Å². The number of thiazole rings is 1. The molecule has 2 aromatic heterocycles. The third-order valence-electron chi connectivity index (χ3n) is 4.73. The van der Waals surface area contributed by atoms with E-state index in [-0.39, 0.29) is 23.4 Å². The number of hydrogen-bond donors (Lipinski definition) is 0. The van der Waals surface area contributed by atoms with Gasteiger partial charge in [-0.25, -0.2) is 9.79 Å². The van der Waals surface area contributed by atoms with Gasteiger partial charge in [-0.1, -0.05) is 29.5 Å². The number of nitro benzene ring substituents is 1. The van der Waals surface area contributed by atoms with Crippen molar-refractivity contribution >= 4 is 40.4 Å². The fourth-order valence-electron chi connectivity index (χ4n) is 3.42. The van der Waals surface area contributed by atoms with Crippen LogP contribution in [0.2, 0.25) is 0 Å². The molecule has 1 atom stereocenters. The molecule has 3 heterocycles. The van der Waals surface area contributed by atoms with Crippen molar-refractivity contribution in [3.05, 3.63) is 93.3 Å². The number of carbonyl (C=O) groups is 1. The monoisotopic (exact) mass is 455 g/mol. The lowest BCUT2D eigenvalue weighted by Gasteiger charge is -2.24. The second-order valence-electron chi connectivity index (χ2n) is 6.67. The van der Waals surface area contributed by atoms with Crippen LogP contribution in [-0.4, -0.2) is 22.1 Å². The maximum Gasteiger partial charge on any atom is 0.338 e. The lowest BCUT2D eigenvalue weighted by molar-refractivity contribution is -0.384. The Balaban J connectivity index is 1.99. The Kier molecular flexibility index (Phi) is 5.66. The highest BCUT2D eigenvalue weighted by Crippen LogP contribution is 2.32. The molecule has 158 valence electrons. The quantitative estimate of drug-likeness (QED) is 0.334. The van der Waals surface area contributed by atoms with Gasteiger partial charge in [0.25, 0.3) is 11.2 Å². The Labute approximate surface area is 184 Å². The number of nitro groups is 1. The Hall–Kier alpha value is -3.37. The van der Waals surface area contributed by atoms with E-state index in [1.807, 2.05) is 17.5 Å². The third kappa shape index (κ3) is 3.87. The van der Waals surface area contributed by atoms with Gasteiger partial charge in [0, 0.05) is 17.0 Å². The average molecular weight is 456 g/mol. The summed E-state index contributed by atoms with van der Waals surface area (Å²) in [4.78, 5) is 42.8. The van der Waals surface area contributed by atoms with Crippen molar-refractivity contribution in [3.8, 4) is 0 Å². The fraction of sp³-hybridized carbons (Fsp3) is 0.190. The number of ether oxygens (including phenoxy) is 1. The largest absolute Gasteiger partial charge is 0.463 e. The van der Waals surface area contributed by atoms with E-state index in [0.717, 1.165) is 4.88 Å². The smallest absolute Gasteiger partial charge is 0.338 e. The van der Waals surface area contributed by atoms with Gasteiger partial charge in [0.1, 0.15) is 0 Å². The number of benzene rings is 1. The summed E-state index contributed by atoms with van der Waals surface area (Å²) in [6.45, 7) is 3.51. The SMILES string of the molecule is CCOC(=O)C1=C(C)N=c2s/c(=C/c3cccs3)c(=O)n2[C@H]1c1cccc([N+](=O)[O-])c1. The fourth-order valence-corrected chi connectivity index (χ4v) is 5.19. The standard InChI is InChI=1S/C21H17N3O5S2/c1-3-29-20(26)17-12(2)22-21-23(18(17)13-6-4-7-14(10-13)24(27)28)19(25)16(31-21)11-15-8-5-9-30-15/h4-11,18H,3H2,1-2H3/b16-11+/t18-/m0/s1. The zero-order chi connectivity index (χ0) is 22.1. The van der Waals surface area contributed by atoms with Crippen LogP contribution in [-0.2, 0) is 9.53 Å². The molecular weight excluding hydrogens is 438 g/mol. The molecular formula is C21H17N3O5S2. The van der Waals surface area contributed by atoms with Gasteiger partial charge in [0.15, 0.2) is 4.80 Å². The maximum atomic E-state index is 13.4. The minimum Gasteiger partial charge on any atom is -0.463 e. The number of aromatic nitrogens is 1. The van der Waals surface area contributed by atoms with Crippen LogP contribution in [0.25, 0.3) is 6.08 Å². The molecule has 1 aliphatic rings. The summed E-state index contributed by atoms with van der Waals surface area (Å²) in [7, 11) is 0. The Morgan fingerprint density at radius 1 is 1.35 bits per heavy atom. The predicted octanol–water partition coefficient (Wildman–Crippen LogP) is 2.77. The van der Waals surface area contributed by atoms with Gasteiger partial charge in [-0.2, -0.15) is 0 Å². The molecule has 0 saturated carbocycles. The van der Waals surface area contributed by atoms with Crippen LogP contribution in [0.3, 0.4) is 0 Å². The normalized spacial score (nSPS) is 16.1. The number of rotatable bonds is 5. The molecule has 10 heteroatoms. The number of thiophene rings is 1. The molecule has 1 aromatic carbocycles. The van der Waals surface area contributed by atoms with E-state index in [1.54, 1.807) is 26.0 Å². The Morgan fingerprint density at radius 2 is 2.16 bits per heavy atom. The van der Waals surface area contributed by atoms with Crippen molar-refractivity contribution in [1.82, 2.24) is 4.57 Å². The van der Waals surface area contributed by atoms with E-state index in [1.165, 1.54) is 45.4 Å². The van der Waals surface area contributed by atoms with Crippen LogP contribution in [0, 0.1) is 10.1 Å². The first-order valence-corrected chi connectivity index (χ1v) is 11.1. The van der Waals surface area contributed by atoms with Crippen molar-refractivity contribution in [3.63, 3.8) is 0 Å². The predicted molar refractivity (Wildman–Crippen MR) is 118 cm³/mol. The summed E-state index contributed by atoms with van der Waals surface area (Å²) in [5, 5.41) is 13.2. The van der Waals surface area contributed by atoms with Crippen LogP contribution in [0.4, 0.5) is 5.69 Å². The Morgan fingerprint density at radius 3 is 2.84 bits per heavy atom. The number of allylic oxidation sites excluding steroid dienone is 1. The summed E-state index contributed by atoms with van der Waals surface area (Å²) in [5.41, 5.74) is 0.602. The molecule has 0 unspecified atom stereocenters. The molecule has 0 saturated heterocycles. The van der Waals surface area contributed by atoms with E-state index in [9.17, 15) is 19.7 Å². The number of fused-ring (bicyclic) bond motifs is 1. The van der Waals surface area contributed by atoms with Gasteiger partial charge in [0.2, 0.25) is 0 Å². The van der Waals surface area contributed by atoms with E-state index in [4.69, 9.17) is 4.74 Å². The summed E-state index contributed by atoms with van der Waals surface area (Å²) >= 11 is 2.71. The summed E-state index contributed by atoms with van der Waals surface area (Å²) in [6.07, 6.45) is 1.78. The van der Waals surface area contributed by atoms with Crippen molar-refractivity contribution < 1.29 is 14.5 Å². The van der Waals surface area contributed by atoms with Crippen molar-refractivity contribution in [2.45, 2.75) is 19.9 Å². The molecule has 8 nitrogen and oxygen atoms in total. The molecule has 0 fully saturated rings. The zero-order valence-electron chi connectivity index (χ0n) is 16.6. The molecule has 4 rings (SSSR count). The van der Waals surface area contributed by atoms with Crippen LogP contribution in [0.15, 0.2) is 62.8 Å². The van der Waals surface area contributed by atoms with Crippen molar-refractivity contribution in [2.24, 2.45) is 4.99 Å². The van der Waals surface area contributed by atoms with E-state index in [2.05, 4.69) is 4.99 Å². The lowest BCUT2D eigenvalue weighted by Crippen LogP contribution is -2.39. The Bertz CT molecular complexity index is 1380. The summed E-state index contributed by atoms with van der Waals surface area (Å²) in [6, 6.07) is 8.85. The molecule has 0 bridgehead atoms. The van der Waals surface area contributed by atoms with Crippen LogP contribution in [0.1, 0.15) is 30.3 Å². The summed E-state index contributed by atoms with van der Waals surface area (Å²) in [5.74, 6) is -0.604. The minimum atomic E-state index is -0.874. The van der Waals surface area contributed by atoms with E-state index >= 15 is 0 Å². The topological polar surface area (TPSA) is 104 Å². The van der Waals surface area contributed by atoms with Gasteiger partial charge in [-0.15, -0.1) is 11.3 Å². The van der Waals surface area contributed by atoms with Crippen molar-refractivity contribution in [1.29, 1.82) is 0 Å². The van der Waals surface area contributed by atoms with Gasteiger partial charge < -0.3 is 4.74 Å². The van der Waals surface area contributed by atoms with Crippen molar-refractivity contribution in [2.75, 3.05) is 6.61 Å². The maximum absolute atomic E-state index is 13.4.